The van der Waals surface area contributed by atoms with E-state index >= 15 is 0 Å². The van der Waals surface area contributed by atoms with Crippen LogP contribution >= 0.6 is 12.4 Å². The van der Waals surface area contributed by atoms with Crippen molar-refractivity contribution < 1.29 is 14.0 Å². The first-order chi connectivity index (χ1) is 8.81. The molecule has 5 nitrogen and oxygen atoms in total. The largest absolute Gasteiger partial charge is 0.345 e. The summed E-state index contributed by atoms with van der Waals surface area (Å²) in [7, 11) is 3.06. The van der Waals surface area contributed by atoms with Crippen LogP contribution in [0.25, 0.3) is 0 Å². The standard InChI is InChI=1S/C13H18FN3O2.ClH/c1-8(15)6-12(18)16-9-4-5-11(14)10(7-9)13(19)17(2)3;/h4-5,7-8H,6,15H2,1-3H3,(H,16,18);1H. The maximum Gasteiger partial charge on any atom is 0.256 e. The van der Waals surface area contributed by atoms with E-state index in [9.17, 15) is 14.0 Å². The SMILES string of the molecule is CC(N)CC(=O)Nc1ccc(F)c(C(=O)N(C)C)c1.Cl. The van der Waals surface area contributed by atoms with Gasteiger partial charge in [0.25, 0.3) is 5.91 Å². The van der Waals surface area contributed by atoms with Gasteiger partial charge in [0.2, 0.25) is 5.91 Å². The first kappa shape index (κ1) is 18.3. The number of carbonyl (C=O) groups is 2. The Bertz CT molecular complexity index is 493. The van der Waals surface area contributed by atoms with Crippen molar-refractivity contribution >= 4 is 29.9 Å². The zero-order valence-electron chi connectivity index (χ0n) is 11.6. The molecule has 2 amide bonds. The van der Waals surface area contributed by atoms with Crippen molar-refractivity contribution in [2.24, 2.45) is 5.73 Å². The average molecular weight is 304 g/mol. The average Bonchev–Trinajstić information content (AvgIpc) is 2.29. The summed E-state index contributed by atoms with van der Waals surface area (Å²) in [5.74, 6) is -1.35. The van der Waals surface area contributed by atoms with Crippen molar-refractivity contribution in [1.82, 2.24) is 4.90 Å². The van der Waals surface area contributed by atoms with Gasteiger partial charge in [-0.1, -0.05) is 0 Å². The van der Waals surface area contributed by atoms with Gasteiger partial charge in [0.1, 0.15) is 5.82 Å². The number of halogens is 2. The van der Waals surface area contributed by atoms with Gasteiger partial charge < -0.3 is 16.0 Å². The number of nitrogens with two attached hydrogens (primary N) is 1. The Labute approximate surface area is 123 Å². The van der Waals surface area contributed by atoms with Crippen LogP contribution in [0.4, 0.5) is 10.1 Å². The topological polar surface area (TPSA) is 75.4 Å². The number of rotatable bonds is 4. The number of hydrogen-bond donors (Lipinski definition) is 2. The van der Waals surface area contributed by atoms with Gasteiger partial charge in [-0.15, -0.1) is 12.4 Å². The monoisotopic (exact) mass is 303 g/mol. The van der Waals surface area contributed by atoms with E-state index in [2.05, 4.69) is 5.32 Å². The van der Waals surface area contributed by atoms with Crippen LogP contribution in [0.1, 0.15) is 23.7 Å². The number of carbonyl (C=O) groups excluding carboxylic acids is 2. The normalized spacial score (nSPS) is 11.2. The molecule has 0 aliphatic rings. The maximum atomic E-state index is 13.5. The maximum absolute atomic E-state index is 13.5. The van der Waals surface area contributed by atoms with E-state index in [0.717, 1.165) is 6.07 Å². The molecule has 1 atom stereocenters. The lowest BCUT2D eigenvalue weighted by molar-refractivity contribution is -0.116. The molecular formula is C13H19ClFN3O2. The van der Waals surface area contributed by atoms with Crippen molar-refractivity contribution in [3.63, 3.8) is 0 Å². The lowest BCUT2D eigenvalue weighted by Gasteiger charge is -2.13. The van der Waals surface area contributed by atoms with E-state index in [-0.39, 0.29) is 36.3 Å². The summed E-state index contributed by atoms with van der Waals surface area (Å²) in [5, 5.41) is 2.58. The highest BCUT2D eigenvalue weighted by atomic mass is 35.5. The summed E-state index contributed by atoms with van der Waals surface area (Å²) >= 11 is 0. The number of anilines is 1. The second-order valence-corrected chi connectivity index (χ2v) is 4.62. The number of hydrogen-bond acceptors (Lipinski definition) is 3. The summed E-state index contributed by atoms with van der Waals surface area (Å²) in [5.41, 5.74) is 5.80. The van der Waals surface area contributed by atoms with Gasteiger partial charge in [0.15, 0.2) is 0 Å². The molecule has 0 saturated carbocycles. The molecular weight excluding hydrogens is 285 g/mol. The van der Waals surface area contributed by atoms with Gasteiger partial charge in [-0.3, -0.25) is 9.59 Å². The molecule has 0 bridgehead atoms. The van der Waals surface area contributed by atoms with Crippen LogP contribution in [0.2, 0.25) is 0 Å². The van der Waals surface area contributed by atoms with Crippen LogP contribution in [0.3, 0.4) is 0 Å². The molecule has 1 aromatic carbocycles. The quantitative estimate of drug-likeness (QED) is 0.887. The van der Waals surface area contributed by atoms with Crippen molar-refractivity contribution in [2.45, 2.75) is 19.4 Å². The van der Waals surface area contributed by atoms with E-state index < -0.39 is 11.7 Å². The fraction of sp³-hybridized carbons (Fsp3) is 0.385. The molecule has 20 heavy (non-hydrogen) atoms. The van der Waals surface area contributed by atoms with Gasteiger partial charge >= 0.3 is 0 Å². The second-order valence-electron chi connectivity index (χ2n) is 4.62. The second kappa shape index (κ2) is 7.81. The fourth-order valence-corrected chi connectivity index (χ4v) is 1.51. The third-order valence-corrected chi connectivity index (χ3v) is 2.39. The molecule has 0 spiro atoms. The van der Waals surface area contributed by atoms with Gasteiger partial charge in [0.05, 0.1) is 5.56 Å². The Hall–Kier alpha value is -1.66. The first-order valence-corrected chi connectivity index (χ1v) is 5.88. The summed E-state index contributed by atoms with van der Waals surface area (Å²) in [6.07, 6.45) is 0.161. The lowest BCUT2D eigenvalue weighted by atomic mass is 10.1. The fourth-order valence-electron chi connectivity index (χ4n) is 1.51. The minimum Gasteiger partial charge on any atom is -0.345 e. The third kappa shape index (κ3) is 5.14. The lowest BCUT2D eigenvalue weighted by Crippen LogP contribution is -2.25. The molecule has 112 valence electrons. The summed E-state index contributed by atoms with van der Waals surface area (Å²) in [6, 6.07) is 3.61. The Balaban J connectivity index is 0.00000361. The molecule has 0 aliphatic carbocycles. The van der Waals surface area contributed by atoms with Crippen molar-refractivity contribution in [1.29, 1.82) is 0 Å². The molecule has 0 heterocycles. The molecule has 3 N–H and O–H groups in total. The molecule has 1 rings (SSSR count). The minimum absolute atomic E-state index is 0. The van der Waals surface area contributed by atoms with Gasteiger partial charge in [-0.2, -0.15) is 0 Å². The van der Waals surface area contributed by atoms with Gasteiger partial charge in [-0.05, 0) is 25.1 Å². The van der Waals surface area contributed by atoms with E-state index in [0.29, 0.717) is 5.69 Å². The van der Waals surface area contributed by atoms with E-state index in [4.69, 9.17) is 5.73 Å². The van der Waals surface area contributed by atoms with Gasteiger partial charge in [0, 0.05) is 32.2 Å². The Kier molecular flexibility index (Phi) is 7.17. The molecule has 0 fully saturated rings. The van der Waals surface area contributed by atoms with Crippen LogP contribution in [0.15, 0.2) is 18.2 Å². The summed E-state index contributed by atoms with van der Waals surface area (Å²) < 4.78 is 13.5. The molecule has 0 aliphatic heterocycles. The molecule has 0 saturated heterocycles. The Morgan fingerprint density at radius 3 is 2.50 bits per heavy atom. The van der Waals surface area contributed by atoms with Crippen molar-refractivity contribution in [3.05, 3.63) is 29.6 Å². The van der Waals surface area contributed by atoms with Crippen LogP contribution in [-0.4, -0.2) is 36.9 Å². The highest BCUT2D eigenvalue weighted by molar-refractivity contribution is 5.97. The zero-order valence-corrected chi connectivity index (χ0v) is 12.5. The third-order valence-electron chi connectivity index (χ3n) is 2.39. The molecule has 0 radical (unpaired) electrons. The highest BCUT2D eigenvalue weighted by Gasteiger charge is 2.15. The van der Waals surface area contributed by atoms with Crippen molar-refractivity contribution in [3.8, 4) is 0 Å². The summed E-state index contributed by atoms with van der Waals surface area (Å²) in [4.78, 5) is 24.5. The number of nitrogens with one attached hydrogen (secondary N) is 1. The molecule has 7 heteroatoms. The van der Waals surface area contributed by atoms with Gasteiger partial charge in [-0.25, -0.2) is 4.39 Å². The van der Waals surface area contributed by atoms with Crippen LogP contribution < -0.4 is 11.1 Å². The summed E-state index contributed by atoms with van der Waals surface area (Å²) in [6.45, 7) is 1.71. The van der Waals surface area contributed by atoms with E-state index in [1.165, 1.54) is 31.1 Å². The van der Waals surface area contributed by atoms with Crippen LogP contribution in [0, 0.1) is 5.82 Å². The molecule has 1 aromatic rings. The Morgan fingerprint density at radius 2 is 2.00 bits per heavy atom. The molecule has 1 unspecified atom stereocenters. The van der Waals surface area contributed by atoms with Crippen LogP contribution in [-0.2, 0) is 4.79 Å². The smallest absolute Gasteiger partial charge is 0.256 e. The predicted molar refractivity (Wildman–Crippen MR) is 78.6 cm³/mol. The highest BCUT2D eigenvalue weighted by Crippen LogP contribution is 2.16. The predicted octanol–water partition coefficient (Wildman–Crippen LogP) is 1.63. The van der Waals surface area contributed by atoms with E-state index in [1.54, 1.807) is 6.92 Å². The number of nitrogens with zero attached hydrogens (tertiary/aromatic N) is 1. The first-order valence-electron chi connectivity index (χ1n) is 5.88. The Morgan fingerprint density at radius 1 is 1.40 bits per heavy atom. The van der Waals surface area contributed by atoms with Crippen LogP contribution in [0.5, 0.6) is 0 Å². The number of benzene rings is 1. The molecule has 0 aromatic heterocycles. The zero-order chi connectivity index (χ0) is 14.6. The van der Waals surface area contributed by atoms with Crippen molar-refractivity contribution in [2.75, 3.05) is 19.4 Å². The van der Waals surface area contributed by atoms with E-state index in [1.807, 2.05) is 0 Å². The minimum atomic E-state index is -0.621. The number of amides is 2.